The molecule has 1 amide bonds. The molecule has 0 spiro atoms. The average molecular weight is 377 g/mol. The summed E-state index contributed by atoms with van der Waals surface area (Å²) in [5.41, 5.74) is 2.82. The minimum atomic E-state index is -0.189. The van der Waals surface area contributed by atoms with Gasteiger partial charge in [-0.25, -0.2) is 9.97 Å². The molecule has 8 nitrogen and oxygen atoms in total. The number of amides is 1. The summed E-state index contributed by atoms with van der Waals surface area (Å²) in [4.78, 5) is 26.9. The van der Waals surface area contributed by atoms with Crippen LogP contribution >= 0.6 is 0 Å². The van der Waals surface area contributed by atoms with E-state index in [-0.39, 0.29) is 18.3 Å². The van der Waals surface area contributed by atoms with Crippen LogP contribution in [0.15, 0.2) is 49.1 Å². The van der Waals surface area contributed by atoms with Gasteiger partial charge in [0.25, 0.3) is 5.91 Å². The fourth-order valence-electron chi connectivity index (χ4n) is 3.12. The SMILES string of the molecule is CNc1ncc(C(=O)N2CCOc3c(O)cc(-c4cccnc4)cc3C2)cn1. The highest BCUT2D eigenvalue weighted by Gasteiger charge is 2.24. The van der Waals surface area contributed by atoms with E-state index in [1.165, 1.54) is 12.4 Å². The molecule has 142 valence electrons. The van der Waals surface area contributed by atoms with Gasteiger partial charge < -0.3 is 20.1 Å². The molecule has 0 radical (unpaired) electrons. The zero-order valence-corrected chi connectivity index (χ0v) is 15.3. The first-order chi connectivity index (χ1) is 13.7. The molecule has 3 aromatic rings. The Hall–Kier alpha value is -3.68. The van der Waals surface area contributed by atoms with Crippen LogP contribution in [0.25, 0.3) is 11.1 Å². The van der Waals surface area contributed by atoms with E-state index in [0.717, 1.165) is 16.7 Å². The van der Waals surface area contributed by atoms with Gasteiger partial charge in [-0.1, -0.05) is 6.07 Å². The molecule has 0 unspecified atom stereocenters. The van der Waals surface area contributed by atoms with Crippen LogP contribution in [0, 0.1) is 0 Å². The number of aromatic hydroxyl groups is 1. The summed E-state index contributed by atoms with van der Waals surface area (Å²) in [5, 5.41) is 13.3. The van der Waals surface area contributed by atoms with E-state index < -0.39 is 0 Å². The number of fused-ring (bicyclic) bond motifs is 1. The Morgan fingerprint density at radius 2 is 2.04 bits per heavy atom. The van der Waals surface area contributed by atoms with Crippen LogP contribution in [0.4, 0.5) is 5.95 Å². The lowest BCUT2D eigenvalue weighted by Gasteiger charge is -2.20. The van der Waals surface area contributed by atoms with E-state index in [1.54, 1.807) is 30.4 Å². The Balaban J connectivity index is 1.65. The summed E-state index contributed by atoms with van der Waals surface area (Å²) in [6.45, 7) is 0.987. The van der Waals surface area contributed by atoms with Gasteiger partial charge in [-0.3, -0.25) is 9.78 Å². The Labute approximate surface area is 161 Å². The number of phenols is 1. The average Bonchev–Trinajstić information content (AvgIpc) is 2.97. The number of benzene rings is 1. The molecule has 0 bridgehead atoms. The third-order valence-electron chi connectivity index (χ3n) is 4.52. The maximum atomic E-state index is 12.9. The monoisotopic (exact) mass is 377 g/mol. The number of aromatic nitrogens is 3. The molecule has 4 rings (SSSR count). The van der Waals surface area contributed by atoms with Gasteiger partial charge >= 0.3 is 0 Å². The topological polar surface area (TPSA) is 100 Å². The van der Waals surface area contributed by atoms with E-state index in [4.69, 9.17) is 4.74 Å². The van der Waals surface area contributed by atoms with Crippen molar-refractivity contribution >= 4 is 11.9 Å². The fraction of sp³-hybridized carbons (Fsp3) is 0.200. The second-order valence-corrected chi connectivity index (χ2v) is 6.35. The molecule has 0 saturated carbocycles. The normalized spacial score (nSPS) is 13.2. The molecule has 0 fully saturated rings. The van der Waals surface area contributed by atoms with Gasteiger partial charge in [0.1, 0.15) is 6.61 Å². The van der Waals surface area contributed by atoms with Gasteiger partial charge in [-0.2, -0.15) is 0 Å². The molecular formula is C20H19N5O3. The predicted molar refractivity (Wildman–Crippen MR) is 103 cm³/mol. The zero-order valence-electron chi connectivity index (χ0n) is 15.3. The van der Waals surface area contributed by atoms with Gasteiger partial charge in [0.15, 0.2) is 11.5 Å². The summed E-state index contributed by atoms with van der Waals surface area (Å²) in [7, 11) is 1.71. The van der Waals surface area contributed by atoms with Gasteiger partial charge in [0.2, 0.25) is 5.95 Å². The van der Waals surface area contributed by atoms with Crippen molar-refractivity contribution in [1.29, 1.82) is 0 Å². The molecule has 0 aliphatic carbocycles. The van der Waals surface area contributed by atoms with Crippen molar-refractivity contribution in [2.24, 2.45) is 0 Å². The van der Waals surface area contributed by atoms with E-state index in [2.05, 4.69) is 20.3 Å². The molecule has 1 aromatic carbocycles. The van der Waals surface area contributed by atoms with Crippen molar-refractivity contribution in [3.05, 3.63) is 60.2 Å². The third-order valence-corrected chi connectivity index (χ3v) is 4.52. The first-order valence-corrected chi connectivity index (χ1v) is 8.84. The van der Waals surface area contributed by atoms with Gasteiger partial charge in [-0.05, 0) is 23.8 Å². The zero-order chi connectivity index (χ0) is 19.5. The number of hydrogen-bond acceptors (Lipinski definition) is 7. The highest BCUT2D eigenvalue weighted by Crippen LogP contribution is 2.37. The summed E-state index contributed by atoms with van der Waals surface area (Å²) in [6, 6.07) is 7.31. The van der Waals surface area contributed by atoms with Crippen LogP contribution in [-0.2, 0) is 6.54 Å². The van der Waals surface area contributed by atoms with E-state index in [1.807, 2.05) is 18.2 Å². The Morgan fingerprint density at radius 1 is 1.21 bits per heavy atom. The summed E-state index contributed by atoms with van der Waals surface area (Å²) >= 11 is 0. The Morgan fingerprint density at radius 3 is 2.75 bits per heavy atom. The second-order valence-electron chi connectivity index (χ2n) is 6.35. The molecule has 2 N–H and O–H groups in total. The number of phenolic OH excluding ortho intramolecular Hbond substituents is 1. The molecule has 2 aromatic heterocycles. The van der Waals surface area contributed by atoms with Crippen molar-refractivity contribution in [3.63, 3.8) is 0 Å². The lowest BCUT2D eigenvalue weighted by Crippen LogP contribution is -2.32. The molecule has 28 heavy (non-hydrogen) atoms. The maximum Gasteiger partial charge on any atom is 0.257 e. The van der Waals surface area contributed by atoms with Crippen LogP contribution < -0.4 is 10.1 Å². The molecule has 0 atom stereocenters. The van der Waals surface area contributed by atoms with Gasteiger partial charge in [0, 0.05) is 49.5 Å². The number of hydrogen-bond donors (Lipinski definition) is 2. The lowest BCUT2D eigenvalue weighted by atomic mass is 10.0. The first-order valence-electron chi connectivity index (χ1n) is 8.84. The first kappa shape index (κ1) is 17.7. The molecule has 0 saturated heterocycles. The Kier molecular flexibility index (Phi) is 4.76. The van der Waals surface area contributed by atoms with Crippen LogP contribution in [0.3, 0.4) is 0 Å². The summed E-state index contributed by atoms with van der Waals surface area (Å²) in [6.07, 6.45) is 6.41. The smallest absolute Gasteiger partial charge is 0.257 e. The Bertz CT molecular complexity index is 993. The van der Waals surface area contributed by atoms with Gasteiger partial charge in [0.05, 0.1) is 12.1 Å². The number of nitrogens with one attached hydrogen (secondary N) is 1. The van der Waals surface area contributed by atoms with Crippen LogP contribution in [-0.4, -0.2) is 51.1 Å². The summed E-state index contributed by atoms with van der Waals surface area (Å²) in [5.74, 6) is 0.717. The summed E-state index contributed by atoms with van der Waals surface area (Å²) < 4.78 is 5.72. The van der Waals surface area contributed by atoms with Crippen molar-refractivity contribution in [1.82, 2.24) is 19.9 Å². The molecule has 1 aliphatic rings. The number of nitrogens with zero attached hydrogens (tertiary/aromatic N) is 4. The van der Waals surface area contributed by atoms with Crippen LogP contribution in [0.5, 0.6) is 11.5 Å². The molecule has 1 aliphatic heterocycles. The molecule has 3 heterocycles. The number of anilines is 1. The van der Waals surface area contributed by atoms with E-state index in [9.17, 15) is 9.90 Å². The van der Waals surface area contributed by atoms with E-state index >= 15 is 0 Å². The predicted octanol–water partition coefficient (Wildman–Crippen LogP) is 2.32. The number of carbonyl (C=O) groups excluding carboxylic acids is 1. The van der Waals surface area contributed by atoms with Crippen molar-refractivity contribution in [2.75, 3.05) is 25.5 Å². The van der Waals surface area contributed by atoms with Crippen molar-refractivity contribution in [3.8, 4) is 22.6 Å². The van der Waals surface area contributed by atoms with E-state index in [0.29, 0.717) is 30.4 Å². The maximum absolute atomic E-state index is 12.9. The number of pyridine rings is 1. The molecule has 8 heteroatoms. The standard InChI is InChI=1S/C20H19N5O3/c1-21-20-23-10-16(11-24-20)19(27)25-5-6-28-18-15(12-25)7-14(8-17(18)26)13-3-2-4-22-9-13/h2-4,7-11,26H,5-6,12H2,1H3,(H,21,23,24). The fourth-order valence-corrected chi connectivity index (χ4v) is 3.12. The van der Waals surface area contributed by atoms with Crippen LogP contribution in [0.1, 0.15) is 15.9 Å². The van der Waals surface area contributed by atoms with Crippen molar-refractivity contribution in [2.45, 2.75) is 6.54 Å². The van der Waals surface area contributed by atoms with Gasteiger partial charge in [-0.15, -0.1) is 0 Å². The number of ether oxygens (including phenoxy) is 1. The quantitative estimate of drug-likeness (QED) is 0.722. The minimum Gasteiger partial charge on any atom is -0.504 e. The third kappa shape index (κ3) is 3.44. The highest BCUT2D eigenvalue weighted by molar-refractivity contribution is 5.93. The van der Waals surface area contributed by atoms with Crippen molar-refractivity contribution < 1.29 is 14.6 Å². The number of carbonyl (C=O) groups is 1. The highest BCUT2D eigenvalue weighted by atomic mass is 16.5. The lowest BCUT2D eigenvalue weighted by molar-refractivity contribution is 0.0732. The number of rotatable bonds is 3. The minimum absolute atomic E-state index is 0.0485. The molecular weight excluding hydrogens is 358 g/mol. The largest absolute Gasteiger partial charge is 0.504 e. The van der Waals surface area contributed by atoms with Crippen LogP contribution in [0.2, 0.25) is 0 Å². The second kappa shape index (κ2) is 7.51.